The molecule has 0 saturated heterocycles. The molecule has 1 amide bonds. The summed E-state index contributed by atoms with van der Waals surface area (Å²) in [7, 11) is 0. The van der Waals surface area contributed by atoms with Crippen molar-refractivity contribution in [3.05, 3.63) is 65.6 Å². The molecule has 1 aliphatic rings. The van der Waals surface area contributed by atoms with Gasteiger partial charge in [0.2, 0.25) is 5.91 Å². The van der Waals surface area contributed by atoms with E-state index in [4.69, 9.17) is 0 Å². The molecule has 0 N–H and O–H groups in total. The molecule has 3 aromatic rings. The van der Waals surface area contributed by atoms with Gasteiger partial charge in [-0.25, -0.2) is 0 Å². The maximum Gasteiger partial charge on any atom is 0.222 e. The first-order chi connectivity index (χ1) is 11.8. The van der Waals surface area contributed by atoms with E-state index >= 15 is 0 Å². The highest BCUT2D eigenvalue weighted by Gasteiger charge is 2.20. The molecule has 4 rings (SSSR count). The van der Waals surface area contributed by atoms with Crippen molar-refractivity contribution in [3.8, 4) is 0 Å². The van der Waals surface area contributed by atoms with E-state index in [1.165, 1.54) is 11.1 Å². The Morgan fingerprint density at radius 3 is 2.79 bits per heavy atom. The minimum absolute atomic E-state index is 0.235. The molecule has 1 aliphatic heterocycles. The third-order valence-electron chi connectivity index (χ3n) is 4.66. The van der Waals surface area contributed by atoms with Gasteiger partial charge in [0.25, 0.3) is 0 Å². The Hall–Kier alpha value is -2.69. The maximum atomic E-state index is 12.5. The summed E-state index contributed by atoms with van der Waals surface area (Å²) in [6.07, 6.45) is 5.04. The van der Waals surface area contributed by atoms with Crippen molar-refractivity contribution in [2.45, 2.75) is 32.2 Å². The van der Waals surface area contributed by atoms with Crippen molar-refractivity contribution in [2.75, 3.05) is 6.54 Å². The van der Waals surface area contributed by atoms with E-state index in [1.807, 2.05) is 39.8 Å². The number of benzene rings is 1. The van der Waals surface area contributed by atoms with Gasteiger partial charge in [0.1, 0.15) is 5.82 Å². The van der Waals surface area contributed by atoms with E-state index < -0.39 is 0 Å². The monoisotopic (exact) mass is 320 g/mol. The average Bonchev–Trinajstić information content (AvgIpc) is 3.04. The number of rotatable bonds is 4. The summed E-state index contributed by atoms with van der Waals surface area (Å²) in [5, 5.41) is 8.37. The van der Waals surface area contributed by atoms with Crippen LogP contribution in [0.5, 0.6) is 0 Å². The van der Waals surface area contributed by atoms with Crippen molar-refractivity contribution < 1.29 is 4.79 Å². The van der Waals surface area contributed by atoms with Crippen LogP contribution in [0.15, 0.2) is 48.7 Å². The lowest BCUT2D eigenvalue weighted by Crippen LogP contribution is -2.35. The van der Waals surface area contributed by atoms with Crippen LogP contribution < -0.4 is 0 Å². The first-order valence-electron chi connectivity index (χ1n) is 8.44. The van der Waals surface area contributed by atoms with Gasteiger partial charge in [-0.15, -0.1) is 10.2 Å². The molecule has 24 heavy (non-hydrogen) atoms. The van der Waals surface area contributed by atoms with Crippen molar-refractivity contribution in [3.63, 3.8) is 0 Å². The number of aryl methyl sites for hydroxylation is 1. The summed E-state index contributed by atoms with van der Waals surface area (Å²) >= 11 is 0. The van der Waals surface area contributed by atoms with E-state index in [2.05, 4.69) is 28.4 Å². The number of hydrogen-bond donors (Lipinski definition) is 0. The largest absolute Gasteiger partial charge is 0.338 e. The molecule has 0 bridgehead atoms. The van der Waals surface area contributed by atoms with E-state index in [-0.39, 0.29) is 5.91 Å². The van der Waals surface area contributed by atoms with Gasteiger partial charge in [0.15, 0.2) is 5.65 Å². The van der Waals surface area contributed by atoms with Crippen LogP contribution in [0.4, 0.5) is 0 Å². The summed E-state index contributed by atoms with van der Waals surface area (Å²) in [4.78, 5) is 14.5. The number of fused-ring (bicyclic) bond motifs is 2. The van der Waals surface area contributed by atoms with E-state index in [9.17, 15) is 4.79 Å². The molecule has 0 fully saturated rings. The quantitative estimate of drug-likeness (QED) is 0.742. The highest BCUT2D eigenvalue weighted by atomic mass is 16.2. The van der Waals surface area contributed by atoms with Crippen LogP contribution in [0.25, 0.3) is 5.65 Å². The summed E-state index contributed by atoms with van der Waals surface area (Å²) in [6.45, 7) is 1.56. The van der Waals surface area contributed by atoms with Gasteiger partial charge in [-0.05, 0) is 36.1 Å². The van der Waals surface area contributed by atoms with Crippen LogP contribution in [0.2, 0.25) is 0 Å². The normalized spacial score (nSPS) is 13.9. The molecule has 122 valence electrons. The Morgan fingerprint density at radius 2 is 1.88 bits per heavy atom. The Labute approximate surface area is 140 Å². The molecule has 0 radical (unpaired) electrons. The zero-order valence-corrected chi connectivity index (χ0v) is 13.6. The maximum absolute atomic E-state index is 12.5. The van der Waals surface area contributed by atoms with Gasteiger partial charge in [-0.3, -0.25) is 9.20 Å². The number of hydrogen-bond acceptors (Lipinski definition) is 3. The fourth-order valence-electron chi connectivity index (χ4n) is 3.33. The summed E-state index contributed by atoms with van der Waals surface area (Å²) in [6, 6.07) is 14.3. The molecule has 0 saturated carbocycles. The van der Waals surface area contributed by atoms with E-state index in [0.29, 0.717) is 6.42 Å². The number of pyridine rings is 1. The van der Waals surface area contributed by atoms with Crippen molar-refractivity contribution in [1.29, 1.82) is 0 Å². The molecule has 0 atom stereocenters. The minimum Gasteiger partial charge on any atom is -0.338 e. The van der Waals surface area contributed by atoms with Crippen LogP contribution in [-0.2, 0) is 24.2 Å². The van der Waals surface area contributed by atoms with Crippen LogP contribution >= 0.6 is 0 Å². The van der Waals surface area contributed by atoms with Crippen molar-refractivity contribution >= 4 is 11.6 Å². The Kier molecular flexibility index (Phi) is 3.99. The number of carbonyl (C=O) groups is 1. The minimum atomic E-state index is 0.235. The lowest BCUT2D eigenvalue weighted by atomic mass is 9.99. The van der Waals surface area contributed by atoms with Gasteiger partial charge >= 0.3 is 0 Å². The first kappa shape index (κ1) is 14.9. The van der Waals surface area contributed by atoms with Crippen molar-refractivity contribution in [2.24, 2.45) is 0 Å². The smallest absolute Gasteiger partial charge is 0.222 e. The lowest BCUT2D eigenvalue weighted by molar-refractivity contribution is -0.132. The number of nitrogens with zero attached hydrogens (tertiary/aromatic N) is 4. The van der Waals surface area contributed by atoms with Crippen LogP contribution in [-0.4, -0.2) is 31.9 Å². The molecule has 0 aliphatic carbocycles. The predicted octanol–water partition coefficient (Wildman–Crippen LogP) is 2.64. The summed E-state index contributed by atoms with van der Waals surface area (Å²) < 4.78 is 1.99. The van der Waals surface area contributed by atoms with Gasteiger partial charge in [0.05, 0.1) is 0 Å². The van der Waals surface area contributed by atoms with Crippen molar-refractivity contribution in [1.82, 2.24) is 19.5 Å². The Balaban J connectivity index is 1.34. The van der Waals surface area contributed by atoms with Gasteiger partial charge in [0, 0.05) is 32.1 Å². The SMILES string of the molecule is O=C(CCCc1nnc2ccccn12)N1CCc2ccccc2C1. The van der Waals surface area contributed by atoms with Gasteiger partial charge in [-0.1, -0.05) is 30.3 Å². The third kappa shape index (κ3) is 2.89. The standard InChI is InChI=1S/C19H20N4O/c24-19(22-13-11-15-6-1-2-7-16(15)14-22)10-5-9-18-21-20-17-8-3-4-12-23(17)18/h1-4,6-8,12H,5,9-11,13-14H2. The second kappa shape index (κ2) is 6.43. The van der Waals surface area contributed by atoms with Crippen LogP contribution in [0.1, 0.15) is 29.8 Å². The van der Waals surface area contributed by atoms with Gasteiger partial charge in [-0.2, -0.15) is 0 Å². The average molecular weight is 320 g/mol. The van der Waals surface area contributed by atoms with E-state index in [0.717, 1.165) is 43.8 Å². The molecule has 3 heterocycles. The molecular weight excluding hydrogens is 300 g/mol. The molecule has 1 aromatic carbocycles. The fraction of sp³-hybridized carbons (Fsp3) is 0.316. The van der Waals surface area contributed by atoms with Gasteiger partial charge < -0.3 is 4.90 Å². The highest BCUT2D eigenvalue weighted by molar-refractivity contribution is 5.76. The number of carbonyl (C=O) groups excluding carboxylic acids is 1. The zero-order valence-electron chi connectivity index (χ0n) is 13.6. The number of aromatic nitrogens is 3. The second-order valence-corrected chi connectivity index (χ2v) is 6.23. The second-order valence-electron chi connectivity index (χ2n) is 6.23. The third-order valence-corrected chi connectivity index (χ3v) is 4.66. The molecule has 0 spiro atoms. The predicted molar refractivity (Wildman–Crippen MR) is 91.5 cm³/mol. The molecular formula is C19H20N4O. The number of amides is 1. The zero-order chi connectivity index (χ0) is 16.4. The Morgan fingerprint density at radius 1 is 1.04 bits per heavy atom. The lowest BCUT2D eigenvalue weighted by Gasteiger charge is -2.29. The molecule has 5 nitrogen and oxygen atoms in total. The highest BCUT2D eigenvalue weighted by Crippen LogP contribution is 2.19. The summed E-state index contributed by atoms with van der Waals surface area (Å²) in [5.41, 5.74) is 3.50. The Bertz CT molecular complexity index is 870. The topological polar surface area (TPSA) is 50.5 Å². The molecule has 2 aromatic heterocycles. The first-order valence-corrected chi connectivity index (χ1v) is 8.44. The molecule has 5 heteroatoms. The van der Waals surface area contributed by atoms with Crippen LogP contribution in [0.3, 0.4) is 0 Å². The molecule has 0 unspecified atom stereocenters. The van der Waals surface area contributed by atoms with E-state index in [1.54, 1.807) is 0 Å². The fourth-order valence-corrected chi connectivity index (χ4v) is 3.33. The summed E-state index contributed by atoms with van der Waals surface area (Å²) in [5.74, 6) is 1.15. The van der Waals surface area contributed by atoms with Crippen LogP contribution in [0, 0.1) is 0 Å².